The van der Waals surface area contributed by atoms with Crippen molar-refractivity contribution in [2.45, 2.75) is 6.61 Å². The molecule has 1 aliphatic heterocycles. The van der Waals surface area contributed by atoms with Gasteiger partial charge in [-0.1, -0.05) is 18.2 Å². The molecular formula is C23H32N6O. The van der Waals surface area contributed by atoms with Crippen LogP contribution in [0.3, 0.4) is 0 Å². The van der Waals surface area contributed by atoms with Gasteiger partial charge in [0.25, 0.3) is 0 Å². The highest BCUT2D eigenvalue weighted by atomic mass is 16.5. The van der Waals surface area contributed by atoms with Crippen LogP contribution >= 0.6 is 0 Å². The van der Waals surface area contributed by atoms with Gasteiger partial charge in [0.15, 0.2) is 0 Å². The van der Waals surface area contributed by atoms with Gasteiger partial charge in [-0.3, -0.25) is 0 Å². The first-order valence-electron chi connectivity index (χ1n) is 10.5. The van der Waals surface area contributed by atoms with E-state index in [4.69, 9.17) is 4.74 Å². The molecule has 30 heavy (non-hydrogen) atoms. The van der Waals surface area contributed by atoms with Gasteiger partial charge >= 0.3 is 0 Å². The molecule has 160 valence electrons. The lowest BCUT2D eigenvalue weighted by Crippen LogP contribution is -2.44. The number of likely N-dealkylation sites (N-methyl/N-ethyl adjacent to an activating group) is 1. The van der Waals surface area contributed by atoms with Crippen molar-refractivity contribution in [1.29, 1.82) is 0 Å². The van der Waals surface area contributed by atoms with Crippen LogP contribution in [-0.4, -0.2) is 63.9 Å². The average Bonchev–Trinajstić information content (AvgIpc) is 3.14. The summed E-state index contributed by atoms with van der Waals surface area (Å²) < 4.78 is 8.22. The van der Waals surface area contributed by atoms with Gasteiger partial charge in [0, 0.05) is 58.4 Å². The Kier molecular flexibility index (Phi) is 5.90. The largest absolute Gasteiger partial charge is 0.487 e. The van der Waals surface area contributed by atoms with Gasteiger partial charge < -0.3 is 30.6 Å². The van der Waals surface area contributed by atoms with E-state index in [1.807, 2.05) is 25.8 Å². The van der Waals surface area contributed by atoms with Crippen LogP contribution in [0, 0.1) is 0 Å². The molecule has 1 fully saturated rings. The second kappa shape index (κ2) is 8.75. The van der Waals surface area contributed by atoms with E-state index < -0.39 is 0 Å². The van der Waals surface area contributed by atoms with Crippen LogP contribution in [0.15, 0.2) is 42.5 Å². The summed E-state index contributed by atoms with van der Waals surface area (Å²) in [6, 6.07) is 15.0. The van der Waals surface area contributed by atoms with E-state index in [9.17, 15) is 0 Å². The Morgan fingerprint density at radius 2 is 1.73 bits per heavy atom. The molecule has 0 saturated carbocycles. The fourth-order valence-corrected chi connectivity index (χ4v) is 4.17. The Labute approximate surface area is 178 Å². The minimum absolute atomic E-state index is 0.472. The number of aromatic nitrogens is 1. The SMILES string of the molecule is CNc1cc(COc2ccc3cccc(N4CCN(C)CC4)c3c2)n(NC)c1NC. The molecule has 0 radical (unpaired) electrons. The van der Waals surface area contributed by atoms with Crippen molar-refractivity contribution < 1.29 is 4.74 Å². The predicted octanol–water partition coefficient (Wildman–Crippen LogP) is 3.23. The van der Waals surface area contributed by atoms with Gasteiger partial charge in [0.2, 0.25) is 0 Å². The van der Waals surface area contributed by atoms with Gasteiger partial charge in [-0.05, 0) is 36.7 Å². The fraction of sp³-hybridized carbons (Fsp3) is 0.391. The quantitative estimate of drug-likeness (QED) is 0.558. The summed E-state index contributed by atoms with van der Waals surface area (Å²) in [5, 5.41) is 8.94. The third kappa shape index (κ3) is 3.85. The number of nitrogens with zero attached hydrogens (tertiary/aromatic N) is 3. The van der Waals surface area contributed by atoms with E-state index >= 15 is 0 Å². The molecule has 2 heterocycles. The number of piperazine rings is 1. The summed E-state index contributed by atoms with van der Waals surface area (Å²) in [5.41, 5.74) is 6.58. The van der Waals surface area contributed by atoms with Gasteiger partial charge in [-0.15, -0.1) is 0 Å². The Balaban J connectivity index is 1.59. The van der Waals surface area contributed by atoms with Crippen LogP contribution in [0.25, 0.3) is 10.8 Å². The summed E-state index contributed by atoms with van der Waals surface area (Å²) >= 11 is 0. The molecular weight excluding hydrogens is 376 g/mol. The molecule has 3 N–H and O–H groups in total. The normalized spacial score (nSPS) is 14.7. The van der Waals surface area contributed by atoms with Crippen molar-refractivity contribution in [2.24, 2.45) is 0 Å². The molecule has 4 rings (SSSR count). The molecule has 2 aromatic carbocycles. The molecule has 7 nitrogen and oxygen atoms in total. The van der Waals surface area contributed by atoms with Crippen LogP contribution < -0.4 is 25.7 Å². The maximum atomic E-state index is 6.22. The number of ether oxygens (including phenoxy) is 1. The van der Waals surface area contributed by atoms with Crippen molar-refractivity contribution in [3.63, 3.8) is 0 Å². The van der Waals surface area contributed by atoms with Crippen molar-refractivity contribution >= 4 is 28.0 Å². The minimum atomic E-state index is 0.472. The molecule has 0 bridgehead atoms. The van der Waals surface area contributed by atoms with E-state index in [0.717, 1.165) is 49.1 Å². The summed E-state index contributed by atoms with van der Waals surface area (Å²) in [4.78, 5) is 4.86. The van der Waals surface area contributed by atoms with Crippen LogP contribution in [0.5, 0.6) is 5.75 Å². The molecule has 0 amide bonds. The van der Waals surface area contributed by atoms with Crippen LogP contribution in [-0.2, 0) is 6.61 Å². The van der Waals surface area contributed by atoms with Crippen molar-refractivity contribution in [3.05, 3.63) is 48.2 Å². The maximum absolute atomic E-state index is 6.22. The number of nitrogens with one attached hydrogen (secondary N) is 3. The molecule has 0 unspecified atom stereocenters. The molecule has 0 aliphatic carbocycles. The number of benzene rings is 2. The first-order chi connectivity index (χ1) is 14.6. The van der Waals surface area contributed by atoms with Crippen molar-refractivity contribution in [2.75, 3.05) is 75.3 Å². The monoisotopic (exact) mass is 408 g/mol. The molecule has 1 saturated heterocycles. The average molecular weight is 409 g/mol. The third-order valence-corrected chi connectivity index (χ3v) is 5.87. The second-order valence-electron chi connectivity index (χ2n) is 7.70. The number of rotatable bonds is 7. The van der Waals surface area contributed by atoms with E-state index in [2.05, 4.69) is 75.4 Å². The molecule has 1 aromatic heterocycles. The summed E-state index contributed by atoms with van der Waals surface area (Å²) in [6.07, 6.45) is 0. The molecule has 3 aromatic rings. The zero-order chi connectivity index (χ0) is 21.1. The van der Waals surface area contributed by atoms with Crippen LogP contribution in [0.1, 0.15) is 5.69 Å². The Bertz CT molecular complexity index is 1010. The van der Waals surface area contributed by atoms with E-state index in [0.29, 0.717) is 6.61 Å². The lowest BCUT2D eigenvalue weighted by Gasteiger charge is -2.34. The molecule has 7 heteroatoms. The standard InChI is InChI=1S/C23H32N6O/c1-24-21-14-18(29(26-3)23(21)25-2)16-30-19-9-8-17-6-5-7-22(20(17)15-19)28-12-10-27(4)11-13-28/h5-9,14-15,24-26H,10-13,16H2,1-4H3. The summed E-state index contributed by atoms with van der Waals surface area (Å²) in [7, 11) is 7.93. The molecule has 1 aliphatic rings. The topological polar surface area (TPSA) is 56.7 Å². The maximum Gasteiger partial charge on any atom is 0.148 e. The number of anilines is 3. The lowest BCUT2D eigenvalue weighted by atomic mass is 10.1. The summed E-state index contributed by atoms with van der Waals surface area (Å²) in [6.45, 7) is 4.76. The highest BCUT2D eigenvalue weighted by Crippen LogP contribution is 2.32. The third-order valence-electron chi connectivity index (χ3n) is 5.87. The highest BCUT2D eigenvalue weighted by Gasteiger charge is 2.17. The zero-order valence-corrected chi connectivity index (χ0v) is 18.3. The van der Waals surface area contributed by atoms with Gasteiger partial charge in [-0.25, -0.2) is 4.68 Å². The van der Waals surface area contributed by atoms with Crippen LogP contribution in [0.2, 0.25) is 0 Å². The van der Waals surface area contributed by atoms with E-state index in [1.165, 1.54) is 16.5 Å². The summed E-state index contributed by atoms with van der Waals surface area (Å²) in [5.74, 6) is 1.86. The minimum Gasteiger partial charge on any atom is -0.487 e. The molecule has 0 atom stereocenters. The van der Waals surface area contributed by atoms with Gasteiger partial charge in [-0.2, -0.15) is 0 Å². The number of fused-ring (bicyclic) bond motifs is 1. The van der Waals surface area contributed by atoms with Crippen molar-refractivity contribution in [3.8, 4) is 5.75 Å². The number of hydrogen-bond acceptors (Lipinski definition) is 6. The predicted molar refractivity (Wildman–Crippen MR) is 127 cm³/mol. The zero-order valence-electron chi connectivity index (χ0n) is 18.3. The van der Waals surface area contributed by atoms with Crippen LogP contribution in [0.4, 0.5) is 17.2 Å². The lowest BCUT2D eigenvalue weighted by molar-refractivity contribution is 0.298. The van der Waals surface area contributed by atoms with Gasteiger partial charge in [0.05, 0.1) is 11.4 Å². The van der Waals surface area contributed by atoms with Crippen molar-refractivity contribution in [1.82, 2.24) is 9.58 Å². The van der Waals surface area contributed by atoms with E-state index in [1.54, 1.807) is 0 Å². The highest BCUT2D eigenvalue weighted by molar-refractivity contribution is 5.95. The first kappa shape index (κ1) is 20.2. The Hall–Kier alpha value is -3.06. The molecule has 0 spiro atoms. The smallest absolute Gasteiger partial charge is 0.148 e. The first-order valence-corrected chi connectivity index (χ1v) is 10.5. The second-order valence-corrected chi connectivity index (χ2v) is 7.70. The van der Waals surface area contributed by atoms with E-state index in [-0.39, 0.29) is 0 Å². The Morgan fingerprint density at radius 3 is 2.43 bits per heavy atom. The fourth-order valence-electron chi connectivity index (χ4n) is 4.17. The Morgan fingerprint density at radius 1 is 0.933 bits per heavy atom. The number of hydrogen-bond donors (Lipinski definition) is 3. The van der Waals surface area contributed by atoms with Gasteiger partial charge in [0.1, 0.15) is 18.2 Å².